The van der Waals surface area contributed by atoms with Crippen LogP contribution >= 0.6 is 0 Å². The molecule has 0 aliphatic carbocycles. The molecule has 1 aromatic heterocycles. The van der Waals surface area contributed by atoms with Gasteiger partial charge >= 0.3 is 0 Å². The lowest BCUT2D eigenvalue weighted by Gasteiger charge is -2.27. The molecule has 110 valence electrons. The molecule has 2 aromatic rings. The number of nitrogens with zero attached hydrogens (tertiary/aromatic N) is 1. The highest BCUT2D eigenvalue weighted by Crippen LogP contribution is 2.18. The highest BCUT2D eigenvalue weighted by Gasteiger charge is 2.14. The van der Waals surface area contributed by atoms with Crippen molar-refractivity contribution in [2.75, 3.05) is 31.6 Å². The Morgan fingerprint density at radius 3 is 2.81 bits per heavy atom. The quantitative estimate of drug-likeness (QED) is 0.904. The molecule has 1 amide bonds. The number of amides is 1. The van der Waals surface area contributed by atoms with Crippen LogP contribution in [0.3, 0.4) is 0 Å². The summed E-state index contributed by atoms with van der Waals surface area (Å²) in [4.78, 5) is 17.4. The van der Waals surface area contributed by atoms with E-state index in [0.717, 1.165) is 44.1 Å². The van der Waals surface area contributed by atoms with Gasteiger partial charge in [0.2, 0.25) is 0 Å². The third-order valence-electron chi connectivity index (χ3n) is 3.62. The number of rotatable bonds is 4. The number of benzene rings is 1. The Kier molecular flexibility index (Phi) is 4.33. The minimum atomic E-state index is -0.0920. The maximum absolute atomic E-state index is 12.2. The molecule has 1 aromatic carbocycles. The molecule has 5 heteroatoms. The first-order valence-electron chi connectivity index (χ1n) is 7.15. The third-order valence-corrected chi connectivity index (χ3v) is 3.62. The number of hydrogen-bond acceptors (Lipinski definition) is 3. The van der Waals surface area contributed by atoms with Crippen molar-refractivity contribution in [3.8, 4) is 0 Å². The van der Waals surface area contributed by atoms with E-state index >= 15 is 0 Å². The fraction of sp³-hybridized carbons (Fsp3) is 0.312. The predicted molar refractivity (Wildman–Crippen MR) is 81.3 cm³/mol. The van der Waals surface area contributed by atoms with Gasteiger partial charge in [-0.05, 0) is 17.7 Å². The van der Waals surface area contributed by atoms with Gasteiger partial charge in [-0.2, -0.15) is 0 Å². The normalized spacial score (nSPS) is 15.8. The van der Waals surface area contributed by atoms with E-state index in [1.165, 1.54) is 0 Å². The summed E-state index contributed by atoms with van der Waals surface area (Å²) in [6, 6.07) is 9.71. The van der Waals surface area contributed by atoms with Gasteiger partial charge in [-0.3, -0.25) is 9.69 Å². The second-order valence-corrected chi connectivity index (χ2v) is 5.10. The number of carbonyl (C=O) groups excluding carboxylic acids is 1. The van der Waals surface area contributed by atoms with Crippen molar-refractivity contribution < 1.29 is 9.53 Å². The van der Waals surface area contributed by atoms with Crippen LogP contribution in [0, 0.1) is 0 Å². The molecule has 1 saturated heterocycles. The zero-order chi connectivity index (χ0) is 14.5. The fourth-order valence-electron chi connectivity index (χ4n) is 2.44. The number of hydrogen-bond donors (Lipinski definition) is 2. The average molecular weight is 285 g/mol. The number of ether oxygens (including phenoxy) is 1. The van der Waals surface area contributed by atoms with E-state index in [0.29, 0.717) is 5.56 Å². The summed E-state index contributed by atoms with van der Waals surface area (Å²) < 4.78 is 5.37. The van der Waals surface area contributed by atoms with E-state index < -0.39 is 0 Å². The first kappa shape index (κ1) is 13.9. The maximum Gasteiger partial charge on any atom is 0.257 e. The molecule has 0 bridgehead atoms. The van der Waals surface area contributed by atoms with Crippen molar-refractivity contribution in [2.45, 2.75) is 6.54 Å². The van der Waals surface area contributed by atoms with E-state index in [9.17, 15) is 4.79 Å². The van der Waals surface area contributed by atoms with Crippen LogP contribution in [0.15, 0.2) is 42.7 Å². The van der Waals surface area contributed by atoms with E-state index in [2.05, 4.69) is 21.3 Å². The largest absolute Gasteiger partial charge is 0.379 e. The van der Waals surface area contributed by atoms with Gasteiger partial charge in [0.05, 0.1) is 18.8 Å². The van der Waals surface area contributed by atoms with Crippen LogP contribution in [-0.4, -0.2) is 42.1 Å². The molecule has 1 aliphatic heterocycles. The molecule has 1 aliphatic rings. The molecule has 1 fully saturated rings. The Morgan fingerprint density at radius 2 is 2.05 bits per heavy atom. The first-order valence-corrected chi connectivity index (χ1v) is 7.15. The van der Waals surface area contributed by atoms with Crippen LogP contribution in [0.2, 0.25) is 0 Å². The van der Waals surface area contributed by atoms with Crippen LogP contribution in [0.25, 0.3) is 0 Å². The molecule has 0 saturated carbocycles. The van der Waals surface area contributed by atoms with E-state index in [1.807, 2.05) is 18.2 Å². The summed E-state index contributed by atoms with van der Waals surface area (Å²) >= 11 is 0. The van der Waals surface area contributed by atoms with E-state index in [4.69, 9.17) is 4.74 Å². The standard InChI is InChI=1S/C16H19N3O2/c20-16(13-5-6-17-11-13)18-15-4-2-1-3-14(15)12-19-7-9-21-10-8-19/h1-6,11,17H,7-10,12H2,(H,18,20). The Labute approximate surface area is 123 Å². The van der Waals surface area contributed by atoms with E-state index in [-0.39, 0.29) is 5.91 Å². The molecule has 0 atom stereocenters. The molecule has 3 rings (SSSR count). The molecule has 0 spiro atoms. The second-order valence-electron chi connectivity index (χ2n) is 5.10. The summed E-state index contributed by atoms with van der Waals surface area (Å²) in [6.45, 7) is 4.24. The molecule has 5 nitrogen and oxygen atoms in total. The highest BCUT2D eigenvalue weighted by molar-refractivity contribution is 6.04. The zero-order valence-electron chi connectivity index (χ0n) is 11.8. The number of carbonyl (C=O) groups is 1. The van der Waals surface area contributed by atoms with Crippen molar-refractivity contribution in [3.05, 3.63) is 53.9 Å². The topological polar surface area (TPSA) is 57.4 Å². The van der Waals surface area contributed by atoms with Gasteiger partial charge in [0.1, 0.15) is 0 Å². The second kappa shape index (κ2) is 6.56. The number of H-pyrrole nitrogens is 1. The number of anilines is 1. The van der Waals surface area contributed by atoms with Crippen molar-refractivity contribution in [1.82, 2.24) is 9.88 Å². The fourth-order valence-corrected chi connectivity index (χ4v) is 2.44. The number of para-hydroxylation sites is 1. The van der Waals surface area contributed by atoms with Gasteiger partial charge in [0.25, 0.3) is 5.91 Å². The van der Waals surface area contributed by atoms with Gasteiger partial charge < -0.3 is 15.0 Å². The van der Waals surface area contributed by atoms with E-state index in [1.54, 1.807) is 18.5 Å². The predicted octanol–water partition coefficient (Wildman–Crippen LogP) is 2.10. The number of morpholine rings is 1. The Bertz CT molecular complexity index is 589. The zero-order valence-corrected chi connectivity index (χ0v) is 11.8. The highest BCUT2D eigenvalue weighted by atomic mass is 16.5. The molecule has 2 N–H and O–H groups in total. The van der Waals surface area contributed by atoms with Crippen molar-refractivity contribution >= 4 is 11.6 Å². The first-order chi connectivity index (χ1) is 10.3. The average Bonchev–Trinajstić information content (AvgIpc) is 3.05. The molecule has 0 unspecified atom stereocenters. The smallest absolute Gasteiger partial charge is 0.257 e. The molecule has 2 heterocycles. The summed E-state index contributed by atoms with van der Waals surface area (Å²) in [7, 11) is 0. The molecular formula is C16H19N3O2. The monoisotopic (exact) mass is 285 g/mol. The van der Waals surface area contributed by atoms with Crippen LogP contribution in [0.1, 0.15) is 15.9 Å². The maximum atomic E-state index is 12.2. The Morgan fingerprint density at radius 1 is 1.24 bits per heavy atom. The Hall–Kier alpha value is -2.11. The number of aromatic nitrogens is 1. The van der Waals surface area contributed by atoms with Gasteiger partial charge in [0, 0.05) is 37.7 Å². The van der Waals surface area contributed by atoms with Crippen LogP contribution in [-0.2, 0) is 11.3 Å². The van der Waals surface area contributed by atoms with Crippen LogP contribution in [0.5, 0.6) is 0 Å². The molecule has 21 heavy (non-hydrogen) atoms. The van der Waals surface area contributed by atoms with Crippen molar-refractivity contribution in [3.63, 3.8) is 0 Å². The molecule has 0 radical (unpaired) electrons. The van der Waals surface area contributed by atoms with Gasteiger partial charge in [-0.1, -0.05) is 18.2 Å². The van der Waals surface area contributed by atoms with Gasteiger partial charge in [0.15, 0.2) is 0 Å². The summed E-state index contributed by atoms with van der Waals surface area (Å²) in [5, 5.41) is 2.99. The summed E-state index contributed by atoms with van der Waals surface area (Å²) in [5.74, 6) is -0.0920. The lowest BCUT2D eigenvalue weighted by Crippen LogP contribution is -2.35. The molecular weight excluding hydrogens is 266 g/mol. The summed E-state index contributed by atoms with van der Waals surface area (Å²) in [5.41, 5.74) is 2.63. The van der Waals surface area contributed by atoms with Crippen molar-refractivity contribution in [2.24, 2.45) is 0 Å². The van der Waals surface area contributed by atoms with Gasteiger partial charge in [-0.25, -0.2) is 0 Å². The van der Waals surface area contributed by atoms with Gasteiger partial charge in [-0.15, -0.1) is 0 Å². The minimum absolute atomic E-state index is 0.0920. The van der Waals surface area contributed by atoms with Crippen LogP contribution in [0.4, 0.5) is 5.69 Å². The number of nitrogens with one attached hydrogen (secondary N) is 2. The third kappa shape index (κ3) is 3.51. The minimum Gasteiger partial charge on any atom is -0.379 e. The lowest BCUT2D eigenvalue weighted by molar-refractivity contribution is 0.0342. The summed E-state index contributed by atoms with van der Waals surface area (Å²) in [6.07, 6.45) is 3.44. The SMILES string of the molecule is O=C(Nc1ccccc1CN1CCOCC1)c1cc[nH]c1. The Balaban J connectivity index is 1.71. The van der Waals surface area contributed by atoms with Crippen LogP contribution < -0.4 is 5.32 Å². The number of aromatic amines is 1. The lowest BCUT2D eigenvalue weighted by atomic mass is 10.1. The van der Waals surface area contributed by atoms with Crippen molar-refractivity contribution in [1.29, 1.82) is 0 Å².